The molecule has 1 N–H and O–H groups in total. The number of aromatic nitrogens is 2. The Morgan fingerprint density at radius 3 is 2.74 bits per heavy atom. The fraction of sp³-hybridized carbons (Fsp3) is 0.0667. The van der Waals surface area contributed by atoms with Gasteiger partial charge in [0.1, 0.15) is 5.82 Å². The second-order valence-electron chi connectivity index (χ2n) is 4.19. The number of hydrogen-bond donors (Lipinski definition) is 1. The molecule has 0 spiro atoms. The predicted molar refractivity (Wildman–Crippen MR) is 70.9 cm³/mol. The molecule has 1 aromatic carbocycles. The van der Waals surface area contributed by atoms with Crippen LogP contribution in [0.25, 0.3) is 22.0 Å². The normalized spacial score (nSPS) is 10.8. The van der Waals surface area contributed by atoms with Crippen molar-refractivity contribution in [3.63, 3.8) is 0 Å². The molecule has 0 radical (unpaired) electrons. The molecule has 3 aromatic rings. The molecule has 0 bridgehead atoms. The van der Waals surface area contributed by atoms with E-state index in [0.29, 0.717) is 16.8 Å². The molecule has 0 unspecified atom stereocenters. The second-order valence-corrected chi connectivity index (χ2v) is 4.19. The Kier molecular flexibility index (Phi) is 2.93. The molecule has 0 aliphatic heterocycles. The minimum atomic E-state index is -0.421. The van der Waals surface area contributed by atoms with Gasteiger partial charge in [-0.25, -0.2) is 4.39 Å². The molecule has 2 aromatic heterocycles. The lowest BCUT2D eigenvalue weighted by Gasteiger charge is -2.08. The number of hydrogen-bond acceptors (Lipinski definition) is 3. The summed E-state index contributed by atoms with van der Waals surface area (Å²) in [5.74, 6) is -0.421. The molecule has 94 valence electrons. The first-order valence-electron chi connectivity index (χ1n) is 5.89. The van der Waals surface area contributed by atoms with Gasteiger partial charge in [-0.3, -0.25) is 9.97 Å². The quantitative estimate of drug-likeness (QED) is 0.764. The van der Waals surface area contributed by atoms with Crippen LogP contribution in [0.2, 0.25) is 0 Å². The molecule has 0 fully saturated rings. The molecule has 3 nitrogen and oxygen atoms in total. The maximum atomic E-state index is 13.9. The van der Waals surface area contributed by atoms with Gasteiger partial charge in [-0.1, -0.05) is 24.3 Å². The number of fused-ring (bicyclic) bond motifs is 1. The van der Waals surface area contributed by atoms with Crippen molar-refractivity contribution in [2.75, 3.05) is 0 Å². The summed E-state index contributed by atoms with van der Waals surface area (Å²) in [6, 6.07) is 10.9. The van der Waals surface area contributed by atoms with Crippen molar-refractivity contribution in [3.05, 3.63) is 60.3 Å². The molecule has 4 heteroatoms. The summed E-state index contributed by atoms with van der Waals surface area (Å²) in [6.45, 7) is -0.217. The second kappa shape index (κ2) is 4.74. The fourth-order valence-corrected chi connectivity index (χ4v) is 2.10. The Morgan fingerprint density at radius 1 is 1.05 bits per heavy atom. The number of nitrogens with zero attached hydrogens (tertiary/aromatic N) is 2. The maximum Gasteiger partial charge on any atom is 0.149 e. The van der Waals surface area contributed by atoms with Gasteiger partial charge in [0.25, 0.3) is 0 Å². The van der Waals surface area contributed by atoms with Crippen LogP contribution >= 0.6 is 0 Å². The van der Waals surface area contributed by atoms with Crippen molar-refractivity contribution in [3.8, 4) is 11.1 Å². The SMILES string of the molecule is OCc1cc(-c2cccc3cccnc23)c(F)cn1. The highest BCUT2D eigenvalue weighted by Crippen LogP contribution is 2.29. The Hall–Kier alpha value is -2.33. The summed E-state index contributed by atoms with van der Waals surface area (Å²) < 4.78 is 13.9. The first-order chi connectivity index (χ1) is 9.29. The minimum absolute atomic E-state index is 0.217. The van der Waals surface area contributed by atoms with Gasteiger partial charge in [0, 0.05) is 22.7 Å². The van der Waals surface area contributed by atoms with E-state index >= 15 is 0 Å². The zero-order valence-corrected chi connectivity index (χ0v) is 10.0. The van der Waals surface area contributed by atoms with Crippen LogP contribution in [0.3, 0.4) is 0 Å². The van der Waals surface area contributed by atoms with Crippen molar-refractivity contribution >= 4 is 10.9 Å². The maximum absolute atomic E-state index is 13.9. The van der Waals surface area contributed by atoms with E-state index in [2.05, 4.69) is 9.97 Å². The molecule has 0 amide bonds. The zero-order valence-electron chi connectivity index (χ0n) is 10.0. The molecule has 2 heterocycles. The van der Waals surface area contributed by atoms with Crippen LogP contribution in [0, 0.1) is 5.82 Å². The molecule has 3 rings (SSSR count). The molecule has 0 aliphatic rings. The Morgan fingerprint density at radius 2 is 1.89 bits per heavy atom. The summed E-state index contributed by atoms with van der Waals surface area (Å²) in [4.78, 5) is 8.12. The highest BCUT2D eigenvalue weighted by Gasteiger charge is 2.11. The monoisotopic (exact) mass is 254 g/mol. The van der Waals surface area contributed by atoms with Gasteiger partial charge < -0.3 is 5.11 Å². The van der Waals surface area contributed by atoms with E-state index in [1.807, 2.05) is 30.3 Å². The van der Waals surface area contributed by atoms with E-state index in [-0.39, 0.29) is 6.61 Å². The van der Waals surface area contributed by atoms with Gasteiger partial charge in [0.05, 0.1) is 24.0 Å². The summed E-state index contributed by atoms with van der Waals surface area (Å²) in [6.07, 6.45) is 2.81. The Labute approximate surface area is 109 Å². The summed E-state index contributed by atoms with van der Waals surface area (Å²) in [5.41, 5.74) is 2.28. The third kappa shape index (κ3) is 2.06. The van der Waals surface area contributed by atoms with E-state index in [1.54, 1.807) is 12.3 Å². The lowest BCUT2D eigenvalue weighted by molar-refractivity contribution is 0.276. The van der Waals surface area contributed by atoms with Crippen molar-refractivity contribution < 1.29 is 9.50 Å². The van der Waals surface area contributed by atoms with Crippen LogP contribution < -0.4 is 0 Å². The molecule has 0 atom stereocenters. The van der Waals surface area contributed by atoms with E-state index in [9.17, 15) is 4.39 Å². The number of aliphatic hydroxyl groups is 1. The molecule has 0 saturated heterocycles. The number of benzene rings is 1. The molecular formula is C15H11FN2O. The van der Waals surface area contributed by atoms with Crippen LogP contribution in [0.1, 0.15) is 5.69 Å². The topological polar surface area (TPSA) is 46.0 Å². The van der Waals surface area contributed by atoms with Crippen LogP contribution in [0.15, 0.2) is 48.8 Å². The minimum Gasteiger partial charge on any atom is -0.390 e. The first-order valence-corrected chi connectivity index (χ1v) is 5.89. The Balaban J connectivity index is 2.30. The van der Waals surface area contributed by atoms with Gasteiger partial charge in [-0.2, -0.15) is 0 Å². The summed E-state index contributed by atoms with van der Waals surface area (Å²) in [7, 11) is 0. The highest BCUT2D eigenvalue weighted by molar-refractivity contribution is 5.93. The largest absolute Gasteiger partial charge is 0.390 e. The van der Waals surface area contributed by atoms with Crippen molar-refractivity contribution in [1.29, 1.82) is 0 Å². The number of rotatable bonds is 2. The van der Waals surface area contributed by atoms with Crippen LogP contribution in [0.4, 0.5) is 4.39 Å². The number of pyridine rings is 2. The zero-order chi connectivity index (χ0) is 13.2. The van der Waals surface area contributed by atoms with Crippen LogP contribution in [0.5, 0.6) is 0 Å². The third-order valence-corrected chi connectivity index (χ3v) is 3.00. The van der Waals surface area contributed by atoms with Gasteiger partial charge in [-0.05, 0) is 12.1 Å². The lowest BCUT2D eigenvalue weighted by atomic mass is 10.0. The van der Waals surface area contributed by atoms with Gasteiger partial charge in [0.15, 0.2) is 0 Å². The lowest BCUT2D eigenvalue weighted by Crippen LogP contribution is -1.94. The van der Waals surface area contributed by atoms with Crippen molar-refractivity contribution in [1.82, 2.24) is 9.97 Å². The number of halogens is 1. The molecule has 19 heavy (non-hydrogen) atoms. The summed E-state index contributed by atoms with van der Waals surface area (Å²) in [5, 5.41) is 10.1. The number of para-hydroxylation sites is 1. The van der Waals surface area contributed by atoms with E-state index in [4.69, 9.17) is 5.11 Å². The molecule has 0 saturated carbocycles. The average Bonchev–Trinajstić information content (AvgIpc) is 2.47. The van der Waals surface area contributed by atoms with Gasteiger partial charge >= 0.3 is 0 Å². The van der Waals surface area contributed by atoms with E-state index < -0.39 is 5.82 Å². The smallest absolute Gasteiger partial charge is 0.149 e. The van der Waals surface area contributed by atoms with Crippen molar-refractivity contribution in [2.24, 2.45) is 0 Å². The molecular weight excluding hydrogens is 243 g/mol. The fourth-order valence-electron chi connectivity index (χ4n) is 2.10. The van der Waals surface area contributed by atoms with Crippen LogP contribution in [-0.4, -0.2) is 15.1 Å². The molecule has 0 aliphatic carbocycles. The van der Waals surface area contributed by atoms with E-state index in [1.165, 1.54) is 0 Å². The standard InChI is InChI=1S/C15H11FN2O/c16-14-8-18-11(9-19)7-13(14)12-5-1-3-10-4-2-6-17-15(10)12/h1-8,19H,9H2. The van der Waals surface area contributed by atoms with E-state index in [0.717, 1.165) is 17.1 Å². The van der Waals surface area contributed by atoms with Gasteiger partial charge in [0.2, 0.25) is 0 Å². The first kappa shape index (κ1) is 11.7. The third-order valence-electron chi connectivity index (χ3n) is 3.00. The highest BCUT2D eigenvalue weighted by atomic mass is 19.1. The summed E-state index contributed by atoms with van der Waals surface area (Å²) >= 11 is 0. The predicted octanol–water partition coefficient (Wildman–Crippen LogP) is 2.93. The van der Waals surface area contributed by atoms with Crippen molar-refractivity contribution in [2.45, 2.75) is 6.61 Å². The van der Waals surface area contributed by atoms with Crippen LogP contribution in [-0.2, 0) is 6.61 Å². The average molecular weight is 254 g/mol. The van der Waals surface area contributed by atoms with Gasteiger partial charge in [-0.15, -0.1) is 0 Å². The number of aliphatic hydroxyl groups excluding tert-OH is 1. The Bertz CT molecular complexity index is 738.